The van der Waals surface area contributed by atoms with E-state index in [1.807, 2.05) is 46.0 Å². The van der Waals surface area contributed by atoms with E-state index in [4.69, 9.17) is 9.47 Å². The Kier molecular flexibility index (Phi) is 10.4. The second kappa shape index (κ2) is 15.6. The number of nitrogens with one attached hydrogen (secondary N) is 2. The van der Waals surface area contributed by atoms with Crippen molar-refractivity contribution in [2.75, 3.05) is 43.5 Å². The van der Waals surface area contributed by atoms with Gasteiger partial charge in [-0.15, -0.1) is 0 Å². The Bertz CT molecular complexity index is 2440. The van der Waals surface area contributed by atoms with Crippen LogP contribution in [0.1, 0.15) is 110 Å². The van der Waals surface area contributed by atoms with Crippen LogP contribution in [0.25, 0.3) is 10.9 Å². The molecule has 2 N–H and O–H groups in total. The van der Waals surface area contributed by atoms with E-state index in [-0.39, 0.29) is 41.1 Å². The maximum absolute atomic E-state index is 15.4. The zero-order chi connectivity index (χ0) is 42.8. The summed E-state index contributed by atoms with van der Waals surface area (Å²) in [5.41, 5.74) is 3.27. The number of aromatic nitrogens is 2. The molecule has 3 saturated heterocycles. The van der Waals surface area contributed by atoms with Gasteiger partial charge in [0.2, 0.25) is 11.8 Å². The van der Waals surface area contributed by atoms with Crippen molar-refractivity contribution in [3.8, 4) is 5.75 Å². The smallest absolute Gasteiger partial charge is 0.419 e. The number of rotatable bonds is 8. The van der Waals surface area contributed by atoms with E-state index in [1.165, 1.54) is 12.1 Å². The predicted octanol–water partition coefficient (Wildman–Crippen LogP) is 6.81. The van der Waals surface area contributed by atoms with Crippen LogP contribution in [0.15, 0.2) is 54.7 Å². The fourth-order valence-corrected chi connectivity index (χ4v) is 10.2. The molecule has 14 nitrogen and oxygen atoms in total. The third-order valence-electron chi connectivity index (χ3n) is 13.2. The van der Waals surface area contributed by atoms with Gasteiger partial charge in [0.1, 0.15) is 29.0 Å². The summed E-state index contributed by atoms with van der Waals surface area (Å²) in [5.74, 6) is -1.41. The number of carbonyl (C=O) groups is 5. The lowest BCUT2D eigenvalue weighted by molar-refractivity contribution is -0.136. The van der Waals surface area contributed by atoms with Gasteiger partial charge in [-0.2, -0.15) is 0 Å². The second-order valence-corrected chi connectivity index (χ2v) is 18.5. The summed E-state index contributed by atoms with van der Waals surface area (Å²) in [6.07, 6.45) is 7.56. The summed E-state index contributed by atoms with van der Waals surface area (Å²) in [6.45, 7) is 8.86. The van der Waals surface area contributed by atoms with Crippen molar-refractivity contribution in [1.29, 1.82) is 0 Å². The summed E-state index contributed by atoms with van der Waals surface area (Å²) in [7, 11) is 2.03. The van der Waals surface area contributed by atoms with Gasteiger partial charge in [0.15, 0.2) is 0 Å². The van der Waals surface area contributed by atoms with Crippen LogP contribution in [0.4, 0.5) is 20.7 Å². The minimum Gasteiger partial charge on any atom is -0.493 e. The van der Waals surface area contributed by atoms with Crippen LogP contribution in [-0.4, -0.2) is 94.0 Å². The molecule has 0 bridgehead atoms. The molecule has 1 saturated carbocycles. The van der Waals surface area contributed by atoms with Gasteiger partial charge in [-0.05, 0) is 121 Å². The topological polar surface area (TPSA) is 155 Å². The molecule has 15 heteroatoms. The molecular weight excluding hydrogens is 782 g/mol. The zero-order valence-electron chi connectivity index (χ0n) is 35.1. The number of likely N-dealkylation sites (tertiary alicyclic amines) is 1. The number of nitrogens with zero attached hydrogens (tertiary/aromatic N) is 5. The van der Waals surface area contributed by atoms with Crippen molar-refractivity contribution < 1.29 is 37.8 Å². The molecular formula is C46H52FN7O7. The van der Waals surface area contributed by atoms with Gasteiger partial charge in [-0.25, -0.2) is 18.7 Å². The highest BCUT2D eigenvalue weighted by Gasteiger charge is 2.47. The summed E-state index contributed by atoms with van der Waals surface area (Å²) in [5, 5.41) is 5.81. The zero-order valence-corrected chi connectivity index (χ0v) is 35.1. The molecule has 4 aliphatic heterocycles. The quantitative estimate of drug-likeness (QED) is 0.181. The first-order valence-corrected chi connectivity index (χ1v) is 21.4. The summed E-state index contributed by atoms with van der Waals surface area (Å²) < 4.78 is 28.8. The fourth-order valence-electron chi connectivity index (χ4n) is 10.2. The number of anilines is 2. The highest BCUT2D eigenvalue weighted by atomic mass is 19.1. The van der Waals surface area contributed by atoms with Crippen molar-refractivity contribution >= 4 is 52.1 Å². The lowest BCUT2D eigenvalue weighted by Gasteiger charge is -2.52. The lowest BCUT2D eigenvalue weighted by Crippen LogP contribution is -2.52. The minimum absolute atomic E-state index is 0.0249. The molecule has 0 radical (unpaired) electrons. The Morgan fingerprint density at radius 1 is 1.00 bits per heavy atom. The fraction of sp³-hybridized carbons (Fsp3) is 0.478. The Hall–Kier alpha value is -5.83. The van der Waals surface area contributed by atoms with E-state index in [9.17, 15) is 24.0 Å². The van der Waals surface area contributed by atoms with Crippen LogP contribution in [0, 0.1) is 17.2 Å². The first-order chi connectivity index (χ1) is 29.1. The number of halogens is 1. The first-order valence-electron chi connectivity index (χ1n) is 21.4. The molecule has 6 heterocycles. The number of carbonyl (C=O) groups excluding carboxylic acids is 5. The maximum atomic E-state index is 15.4. The number of hydrogen-bond acceptors (Lipinski definition) is 10. The van der Waals surface area contributed by atoms with Crippen LogP contribution >= 0.6 is 0 Å². The van der Waals surface area contributed by atoms with Crippen LogP contribution in [-0.2, 0) is 20.9 Å². The average molecular weight is 834 g/mol. The number of benzene rings is 2. The maximum Gasteiger partial charge on any atom is 0.419 e. The van der Waals surface area contributed by atoms with Crippen molar-refractivity contribution in [3.05, 3.63) is 82.9 Å². The van der Waals surface area contributed by atoms with Crippen LogP contribution in [0.3, 0.4) is 0 Å². The summed E-state index contributed by atoms with van der Waals surface area (Å²) in [6, 6.07) is 13.0. The van der Waals surface area contributed by atoms with Crippen molar-refractivity contribution in [2.24, 2.45) is 11.3 Å². The van der Waals surface area contributed by atoms with Gasteiger partial charge in [0.25, 0.3) is 11.8 Å². The molecule has 5 aliphatic rings. The molecule has 2 atom stereocenters. The molecule has 320 valence electrons. The van der Waals surface area contributed by atoms with Crippen molar-refractivity contribution in [2.45, 2.75) is 96.4 Å². The van der Waals surface area contributed by atoms with Gasteiger partial charge in [0, 0.05) is 72.3 Å². The number of piperidine rings is 2. The highest BCUT2D eigenvalue weighted by Crippen LogP contribution is 2.53. The molecule has 1 unspecified atom stereocenters. The Labute approximate surface area is 353 Å². The van der Waals surface area contributed by atoms with E-state index in [0.717, 1.165) is 80.5 Å². The van der Waals surface area contributed by atoms with E-state index >= 15 is 4.39 Å². The van der Waals surface area contributed by atoms with E-state index < -0.39 is 35.4 Å². The second-order valence-electron chi connectivity index (χ2n) is 18.5. The van der Waals surface area contributed by atoms with Gasteiger partial charge in [-0.3, -0.25) is 29.4 Å². The predicted molar refractivity (Wildman–Crippen MR) is 225 cm³/mol. The van der Waals surface area contributed by atoms with E-state index in [0.29, 0.717) is 42.3 Å². The Morgan fingerprint density at radius 2 is 1.79 bits per heavy atom. The standard InChI is InChI=1S/C46H52FN7O7/c1-45(2,3)61-44(59)54-37-21-39(48-24-28(37)19-38(54)35-9-6-16-51(35)4)49-41(56)31-11-10-29(20-33(31)47)60-26-27-22-46(23-27)14-17-52(18-15-46)34-8-5-7-30-32(34)25-53(43(30)58)36-12-13-40(55)50-42(36)57/h5,7-8,10-11,19-21,24,27,35-36H,6,9,12-18,22-23,25-26H2,1-4H3,(H,48,49,56)(H,50,55,57)/t35-,36?/m1/s1. The number of hydrogen-bond donors (Lipinski definition) is 2. The van der Waals surface area contributed by atoms with Crippen molar-refractivity contribution in [1.82, 2.24) is 24.7 Å². The van der Waals surface area contributed by atoms with Crippen LogP contribution in [0.2, 0.25) is 0 Å². The molecule has 1 spiro atoms. The SMILES string of the molecule is CN1CCC[C@@H]1c1cc2cnc(NC(=O)c3ccc(OCC4CC5(CCN(c6cccc7c6CN(C6CCC(=O)NC6=O)C7=O)CC5)C4)cc3F)cc2n1C(=O)OC(C)(C)C. The molecule has 4 amide bonds. The monoisotopic (exact) mass is 833 g/mol. The minimum atomic E-state index is -0.717. The summed E-state index contributed by atoms with van der Waals surface area (Å²) >= 11 is 0. The number of pyridine rings is 1. The average Bonchev–Trinajstić information content (AvgIpc) is 3.90. The summed E-state index contributed by atoms with van der Waals surface area (Å²) in [4.78, 5) is 75.1. The van der Waals surface area contributed by atoms with Gasteiger partial charge in [0.05, 0.1) is 23.7 Å². The molecule has 9 rings (SSSR count). The largest absolute Gasteiger partial charge is 0.493 e. The molecule has 61 heavy (non-hydrogen) atoms. The Morgan fingerprint density at radius 3 is 2.49 bits per heavy atom. The van der Waals surface area contributed by atoms with Gasteiger partial charge < -0.3 is 24.6 Å². The Balaban J connectivity index is 0.789. The third-order valence-corrected chi connectivity index (χ3v) is 13.2. The number of fused-ring (bicyclic) bond motifs is 2. The highest BCUT2D eigenvalue weighted by molar-refractivity contribution is 6.06. The van der Waals surface area contributed by atoms with Crippen molar-refractivity contribution in [3.63, 3.8) is 0 Å². The van der Waals surface area contributed by atoms with Crippen LogP contribution in [0.5, 0.6) is 5.75 Å². The first kappa shape index (κ1) is 40.6. The number of ether oxygens (including phenoxy) is 2. The molecule has 4 aromatic rings. The van der Waals surface area contributed by atoms with Gasteiger partial charge >= 0.3 is 6.09 Å². The molecule has 4 fully saturated rings. The lowest BCUT2D eigenvalue weighted by atomic mass is 9.58. The number of imide groups is 1. The van der Waals surface area contributed by atoms with Gasteiger partial charge in [-0.1, -0.05) is 6.07 Å². The third kappa shape index (κ3) is 7.84. The molecule has 2 aromatic heterocycles. The normalized spacial score (nSPS) is 21.8. The molecule has 2 aromatic carbocycles. The van der Waals surface area contributed by atoms with E-state index in [1.54, 1.807) is 27.8 Å². The molecule has 1 aliphatic carbocycles. The van der Waals surface area contributed by atoms with Crippen LogP contribution < -0.4 is 20.3 Å². The van der Waals surface area contributed by atoms with E-state index in [2.05, 4.69) is 31.5 Å². The number of amides is 4.